The second-order valence-electron chi connectivity index (χ2n) is 4.09. The maximum atomic E-state index is 12.8. The van der Waals surface area contributed by atoms with E-state index in [1.165, 1.54) is 24.3 Å². The van der Waals surface area contributed by atoms with Crippen molar-refractivity contribution in [2.45, 2.75) is 24.1 Å². The highest BCUT2D eigenvalue weighted by Gasteiger charge is 2.09. The Kier molecular flexibility index (Phi) is 4.87. The molecule has 0 radical (unpaired) electrons. The van der Waals surface area contributed by atoms with Crippen molar-refractivity contribution >= 4 is 10.8 Å². The molecule has 0 saturated carbocycles. The number of halogens is 1. The van der Waals surface area contributed by atoms with Crippen LogP contribution in [0.5, 0.6) is 0 Å². The fourth-order valence-electron chi connectivity index (χ4n) is 1.64. The summed E-state index contributed by atoms with van der Waals surface area (Å²) in [5, 5.41) is 3.16. The molecule has 2 aromatic rings. The zero-order valence-corrected chi connectivity index (χ0v) is 11.5. The molecular formula is C14H16FNO2S. The van der Waals surface area contributed by atoms with E-state index in [9.17, 15) is 8.60 Å². The van der Waals surface area contributed by atoms with Gasteiger partial charge in [-0.05, 0) is 42.9 Å². The molecule has 0 aliphatic carbocycles. The molecule has 0 fully saturated rings. The lowest BCUT2D eigenvalue weighted by Crippen LogP contribution is -2.10. The summed E-state index contributed by atoms with van der Waals surface area (Å²) < 4.78 is 30.4. The Hall–Kier alpha value is -1.46. The van der Waals surface area contributed by atoms with Crippen molar-refractivity contribution < 1.29 is 13.0 Å². The molecule has 0 aliphatic heterocycles. The van der Waals surface area contributed by atoms with Crippen LogP contribution in [-0.4, -0.2) is 10.8 Å². The normalized spacial score (nSPS) is 12.5. The lowest BCUT2D eigenvalue weighted by Gasteiger charge is -2.00. The maximum Gasteiger partial charge on any atom is 0.123 e. The fourth-order valence-corrected chi connectivity index (χ4v) is 2.66. The molecule has 1 unspecified atom stereocenters. The molecule has 0 saturated heterocycles. The molecule has 1 heterocycles. The van der Waals surface area contributed by atoms with E-state index >= 15 is 0 Å². The molecule has 1 aromatic carbocycles. The molecule has 19 heavy (non-hydrogen) atoms. The van der Waals surface area contributed by atoms with Gasteiger partial charge in [0, 0.05) is 4.90 Å². The summed E-state index contributed by atoms with van der Waals surface area (Å²) in [6.07, 6.45) is 0. The zero-order chi connectivity index (χ0) is 13.7. The van der Waals surface area contributed by atoms with Gasteiger partial charge in [-0.1, -0.05) is 6.92 Å². The lowest BCUT2D eigenvalue weighted by atomic mass is 10.4. The summed E-state index contributed by atoms with van der Waals surface area (Å²) in [5.41, 5.74) is 0. The number of rotatable bonds is 6. The average Bonchev–Trinajstić information content (AvgIpc) is 2.84. The van der Waals surface area contributed by atoms with Gasteiger partial charge in [-0.25, -0.2) is 4.39 Å². The van der Waals surface area contributed by atoms with Gasteiger partial charge in [0.25, 0.3) is 0 Å². The topological polar surface area (TPSA) is 42.2 Å². The van der Waals surface area contributed by atoms with Crippen LogP contribution in [0.15, 0.2) is 45.7 Å². The molecule has 102 valence electrons. The van der Waals surface area contributed by atoms with E-state index < -0.39 is 10.8 Å². The summed E-state index contributed by atoms with van der Waals surface area (Å²) in [6, 6.07) is 9.40. The van der Waals surface area contributed by atoms with E-state index in [-0.39, 0.29) is 5.82 Å². The van der Waals surface area contributed by atoms with Gasteiger partial charge in [-0.3, -0.25) is 4.21 Å². The zero-order valence-electron chi connectivity index (χ0n) is 10.7. The van der Waals surface area contributed by atoms with E-state index in [2.05, 4.69) is 5.32 Å². The molecule has 1 aromatic heterocycles. The lowest BCUT2D eigenvalue weighted by molar-refractivity contribution is 0.461. The van der Waals surface area contributed by atoms with Gasteiger partial charge >= 0.3 is 0 Å². The maximum absolute atomic E-state index is 12.8. The Morgan fingerprint density at radius 2 is 1.84 bits per heavy atom. The van der Waals surface area contributed by atoms with Crippen LogP contribution in [-0.2, 0) is 23.1 Å². The molecule has 0 bridgehead atoms. The number of benzene rings is 1. The van der Waals surface area contributed by atoms with Gasteiger partial charge in [0.2, 0.25) is 0 Å². The van der Waals surface area contributed by atoms with Crippen molar-refractivity contribution in [3.63, 3.8) is 0 Å². The Morgan fingerprint density at radius 3 is 2.53 bits per heavy atom. The predicted octanol–water partition coefficient (Wildman–Crippen LogP) is 2.84. The van der Waals surface area contributed by atoms with Crippen molar-refractivity contribution in [3.8, 4) is 0 Å². The first-order valence-electron chi connectivity index (χ1n) is 6.11. The van der Waals surface area contributed by atoms with Crippen LogP contribution in [0.2, 0.25) is 0 Å². The van der Waals surface area contributed by atoms with Crippen LogP contribution in [0.3, 0.4) is 0 Å². The molecule has 0 spiro atoms. The van der Waals surface area contributed by atoms with Crippen LogP contribution in [0.4, 0.5) is 4.39 Å². The molecule has 2 rings (SSSR count). The molecule has 5 heteroatoms. The monoisotopic (exact) mass is 281 g/mol. The van der Waals surface area contributed by atoms with Gasteiger partial charge in [-0.15, -0.1) is 0 Å². The summed E-state index contributed by atoms with van der Waals surface area (Å²) in [7, 11) is -1.22. The molecule has 3 nitrogen and oxygen atoms in total. The minimum atomic E-state index is -1.22. The Bertz CT molecular complexity index is 551. The Labute approximate surface area is 114 Å². The highest BCUT2D eigenvalue weighted by molar-refractivity contribution is 7.84. The smallest absolute Gasteiger partial charge is 0.123 e. The van der Waals surface area contributed by atoms with Crippen LogP contribution < -0.4 is 5.32 Å². The molecule has 1 N–H and O–H groups in total. The van der Waals surface area contributed by atoms with Crippen LogP contribution in [0.25, 0.3) is 0 Å². The third-order valence-corrected chi connectivity index (χ3v) is 3.96. The fraction of sp³-hybridized carbons (Fsp3) is 0.286. The minimum absolute atomic E-state index is 0.303. The number of furan rings is 1. The number of nitrogens with one attached hydrogen (secondary N) is 1. The van der Waals surface area contributed by atoms with E-state index in [0.29, 0.717) is 23.0 Å². The van der Waals surface area contributed by atoms with Gasteiger partial charge < -0.3 is 9.73 Å². The summed E-state index contributed by atoms with van der Waals surface area (Å²) in [6.45, 7) is 3.56. The standard InChI is InChI=1S/C14H16FNO2S/c1-2-16-9-12-5-6-13(18-12)10-19(17)14-7-3-11(15)4-8-14/h3-8,16H,2,9-10H2,1H3. The number of hydrogen-bond acceptors (Lipinski definition) is 3. The third-order valence-electron chi connectivity index (χ3n) is 2.62. The largest absolute Gasteiger partial charge is 0.464 e. The van der Waals surface area contributed by atoms with Crippen LogP contribution in [0, 0.1) is 5.82 Å². The average molecular weight is 281 g/mol. The minimum Gasteiger partial charge on any atom is -0.464 e. The summed E-state index contributed by atoms with van der Waals surface area (Å²) in [5.74, 6) is 1.48. The summed E-state index contributed by atoms with van der Waals surface area (Å²) >= 11 is 0. The first kappa shape index (κ1) is 14.0. The van der Waals surface area contributed by atoms with E-state index in [4.69, 9.17) is 4.42 Å². The van der Waals surface area contributed by atoms with Gasteiger partial charge in [-0.2, -0.15) is 0 Å². The molecule has 0 aliphatic rings. The quantitative estimate of drug-likeness (QED) is 0.885. The van der Waals surface area contributed by atoms with Crippen molar-refractivity contribution in [1.29, 1.82) is 0 Å². The second kappa shape index (κ2) is 6.63. The molecule has 0 amide bonds. The van der Waals surface area contributed by atoms with E-state index in [0.717, 1.165) is 12.3 Å². The Balaban J connectivity index is 1.98. The highest BCUT2D eigenvalue weighted by atomic mass is 32.2. The first-order chi connectivity index (χ1) is 9.19. The number of hydrogen-bond donors (Lipinski definition) is 1. The van der Waals surface area contributed by atoms with Gasteiger partial charge in [0.15, 0.2) is 0 Å². The predicted molar refractivity (Wildman–Crippen MR) is 72.6 cm³/mol. The Morgan fingerprint density at radius 1 is 1.16 bits per heavy atom. The van der Waals surface area contributed by atoms with Gasteiger partial charge in [0.05, 0.1) is 23.1 Å². The van der Waals surface area contributed by atoms with E-state index in [1.54, 1.807) is 0 Å². The third kappa shape index (κ3) is 4.01. The van der Waals surface area contributed by atoms with Crippen molar-refractivity contribution in [2.75, 3.05) is 6.54 Å². The van der Waals surface area contributed by atoms with Crippen LogP contribution >= 0.6 is 0 Å². The van der Waals surface area contributed by atoms with Gasteiger partial charge in [0.1, 0.15) is 17.3 Å². The van der Waals surface area contributed by atoms with Crippen molar-refractivity contribution in [2.24, 2.45) is 0 Å². The SMILES string of the molecule is CCNCc1ccc(CS(=O)c2ccc(F)cc2)o1. The molecule has 1 atom stereocenters. The first-order valence-corrected chi connectivity index (χ1v) is 7.43. The van der Waals surface area contributed by atoms with Crippen LogP contribution in [0.1, 0.15) is 18.4 Å². The summed E-state index contributed by atoms with van der Waals surface area (Å²) in [4.78, 5) is 0.603. The van der Waals surface area contributed by atoms with Crippen molar-refractivity contribution in [3.05, 3.63) is 53.7 Å². The molecular weight excluding hydrogens is 265 g/mol. The second-order valence-corrected chi connectivity index (χ2v) is 5.54. The van der Waals surface area contributed by atoms with E-state index in [1.807, 2.05) is 19.1 Å². The highest BCUT2D eigenvalue weighted by Crippen LogP contribution is 2.15. The van der Waals surface area contributed by atoms with Crippen molar-refractivity contribution in [1.82, 2.24) is 5.32 Å².